The molecule has 0 heterocycles. The van der Waals surface area contributed by atoms with Crippen LogP contribution in [0, 0.1) is 5.92 Å². The number of carboxylic acid groups (broad SMARTS) is 2. The number of amides is 4. The molecule has 0 aliphatic heterocycles. The number of carbonyl (C=O) groups is 6. The van der Waals surface area contributed by atoms with Crippen LogP contribution in [-0.4, -0.2) is 82.5 Å². The van der Waals surface area contributed by atoms with Gasteiger partial charge in [-0.15, -0.1) is 0 Å². The zero-order valence-corrected chi connectivity index (χ0v) is 20.2. The molecule has 0 aliphatic rings. The average Bonchev–Trinajstić information content (AvgIpc) is 2.75. The van der Waals surface area contributed by atoms with Gasteiger partial charge in [0, 0.05) is 13.0 Å². The van der Waals surface area contributed by atoms with Gasteiger partial charge in [-0.25, -0.2) is 4.79 Å². The third-order valence-corrected chi connectivity index (χ3v) is 4.86. The molecule has 4 amide bonds. The molecule has 0 aliphatic carbocycles. The first-order chi connectivity index (χ1) is 16.6. The van der Waals surface area contributed by atoms with E-state index in [-0.39, 0.29) is 31.8 Å². The van der Waals surface area contributed by atoms with Gasteiger partial charge in [-0.3, -0.25) is 29.0 Å². The van der Waals surface area contributed by atoms with Crippen LogP contribution in [0.25, 0.3) is 0 Å². The van der Waals surface area contributed by atoms with E-state index >= 15 is 0 Å². The molecule has 16 heteroatoms. The topological polar surface area (TPSA) is 295 Å². The largest absolute Gasteiger partial charge is 0.481 e. The first-order valence-corrected chi connectivity index (χ1v) is 11.1. The molecule has 16 nitrogen and oxygen atoms in total. The van der Waals surface area contributed by atoms with Crippen molar-refractivity contribution in [2.45, 2.75) is 70.1 Å². The molecule has 0 saturated carbocycles. The van der Waals surface area contributed by atoms with Crippen molar-refractivity contribution >= 4 is 41.5 Å². The van der Waals surface area contributed by atoms with E-state index in [1.54, 1.807) is 0 Å². The molecule has 0 saturated heterocycles. The second kappa shape index (κ2) is 15.9. The number of nitrogens with one attached hydrogen (secondary N) is 3. The van der Waals surface area contributed by atoms with Gasteiger partial charge in [-0.05, 0) is 25.2 Å². The molecule has 0 spiro atoms. The number of rotatable bonds is 17. The highest BCUT2D eigenvalue weighted by Crippen LogP contribution is 2.06. The molecule has 36 heavy (non-hydrogen) atoms. The third kappa shape index (κ3) is 13.1. The van der Waals surface area contributed by atoms with E-state index in [1.807, 2.05) is 0 Å². The van der Waals surface area contributed by atoms with Crippen molar-refractivity contribution in [1.29, 1.82) is 0 Å². The van der Waals surface area contributed by atoms with E-state index < -0.39 is 72.1 Å². The van der Waals surface area contributed by atoms with Crippen LogP contribution in [-0.2, 0) is 28.8 Å². The van der Waals surface area contributed by atoms with Gasteiger partial charge in [0.25, 0.3) is 0 Å². The Bertz CT molecular complexity index is 844. The number of nitrogens with zero attached hydrogens (tertiary/aromatic N) is 1. The second-order valence-corrected chi connectivity index (χ2v) is 8.35. The molecule has 4 unspecified atom stereocenters. The molecule has 0 radical (unpaired) electrons. The third-order valence-electron chi connectivity index (χ3n) is 4.86. The van der Waals surface area contributed by atoms with Crippen LogP contribution in [0.1, 0.15) is 46.0 Å². The van der Waals surface area contributed by atoms with E-state index in [2.05, 4.69) is 20.9 Å². The summed E-state index contributed by atoms with van der Waals surface area (Å²) in [5, 5.41) is 25.1. The van der Waals surface area contributed by atoms with Gasteiger partial charge in [0.1, 0.15) is 18.1 Å². The van der Waals surface area contributed by atoms with Crippen LogP contribution in [0.5, 0.6) is 0 Å². The number of guanidine groups is 1. The van der Waals surface area contributed by atoms with Crippen molar-refractivity contribution in [2.24, 2.45) is 33.8 Å². The number of hydrogen-bond donors (Lipinski definition) is 9. The molecule has 0 aromatic carbocycles. The summed E-state index contributed by atoms with van der Waals surface area (Å²) >= 11 is 0. The van der Waals surface area contributed by atoms with Crippen molar-refractivity contribution in [3.8, 4) is 0 Å². The minimum atomic E-state index is -1.67. The van der Waals surface area contributed by atoms with Crippen molar-refractivity contribution in [3.05, 3.63) is 0 Å². The lowest BCUT2D eigenvalue weighted by atomic mass is 10.0. The van der Waals surface area contributed by atoms with Crippen LogP contribution in [0.15, 0.2) is 4.99 Å². The lowest BCUT2D eigenvalue weighted by Gasteiger charge is -2.25. The number of aliphatic carboxylic acids is 2. The average molecular weight is 517 g/mol. The summed E-state index contributed by atoms with van der Waals surface area (Å²) < 4.78 is 0. The number of carbonyl (C=O) groups excluding carboxylic acids is 4. The first-order valence-electron chi connectivity index (χ1n) is 11.1. The summed E-state index contributed by atoms with van der Waals surface area (Å²) in [6.07, 6.45) is -0.946. The monoisotopic (exact) mass is 516 g/mol. The minimum absolute atomic E-state index is 0.126. The molecule has 4 atom stereocenters. The maximum absolute atomic E-state index is 12.8. The lowest BCUT2D eigenvalue weighted by Crippen LogP contribution is -2.58. The predicted octanol–water partition coefficient (Wildman–Crippen LogP) is -3.70. The number of primary amides is 1. The van der Waals surface area contributed by atoms with Crippen LogP contribution in [0.4, 0.5) is 0 Å². The van der Waals surface area contributed by atoms with Crippen LogP contribution >= 0.6 is 0 Å². The Hall–Kier alpha value is -3.95. The van der Waals surface area contributed by atoms with Crippen LogP contribution in [0.3, 0.4) is 0 Å². The fraction of sp³-hybridized carbons (Fsp3) is 0.650. The molecule has 0 fully saturated rings. The first kappa shape index (κ1) is 32.0. The number of nitrogens with two attached hydrogens (primary N) is 4. The van der Waals surface area contributed by atoms with E-state index in [9.17, 15) is 33.9 Å². The zero-order chi connectivity index (χ0) is 28.0. The minimum Gasteiger partial charge on any atom is -0.481 e. The van der Waals surface area contributed by atoms with Crippen LogP contribution < -0.4 is 38.9 Å². The van der Waals surface area contributed by atoms with Gasteiger partial charge in [0.2, 0.25) is 23.6 Å². The molecule has 0 bridgehead atoms. The molecular weight excluding hydrogens is 480 g/mol. The standard InChI is InChI=1S/C20H36N8O8/c1-9(2)15(19(35)36)28-18(34)12(8-14(30)31)27-17(33)11(5-6-13(22)29)26-16(32)10(21)4-3-7-25-20(23)24/h9-12,15H,3-8,21H2,1-2H3,(H2,22,29)(H,26,32)(H,27,33)(H,28,34)(H,30,31)(H,35,36)(H4,23,24,25). The lowest BCUT2D eigenvalue weighted by molar-refractivity contribution is -0.144. The van der Waals surface area contributed by atoms with Crippen LogP contribution in [0.2, 0.25) is 0 Å². The van der Waals surface area contributed by atoms with Crippen molar-refractivity contribution < 1.29 is 39.0 Å². The number of carboxylic acids is 2. The Balaban J connectivity index is 5.49. The van der Waals surface area contributed by atoms with Gasteiger partial charge in [0.05, 0.1) is 12.5 Å². The fourth-order valence-electron chi connectivity index (χ4n) is 2.91. The highest BCUT2D eigenvalue weighted by atomic mass is 16.4. The number of hydrogen-bond acceptors (Lipinski definition) is 8. The fourth-order valence-corrected chi connectivity index (χ4v) is 2.91. The Morgan fingerprint density at radius 2 is 1.39 bits per heavy atom. The Morgan fingerprint density at radius 3 is 1.86 bits per heavy atom. The van der Waals surface area contributed by atoms with Gasteiger partial charge in [0.15, 0.2) is 5.96 Å². The van der Waals surface area contributed by atoms with Gasteiger partial charge in [-0.2, -0.15) is 0 Å². The van der Waals surface area contributed by atoms with E-state index in [0.29, 0.717) is 6.42 Å². The van der Waals surface area contributed by atoms with E-state index in [1.165, 1.54) is 13.8 Å². The Kier molecular flexibility index (Phi) is 14.1. The highest BCUT2D eigenvalue weighted by molar-refractivity contribution is 5.95. The normalized spacial score (nSPS) is 14.0. The van der Waals surface area contributed by atoms with Gasteiger partial charge >= 0.3 is 11.9 Å². The zero-order valence-electron chi connectivity index (χ0n) is 20.2. The van der Waals surface area contributed by atoms with E-state index in [0.717, 1.165) is 0 Å². The van der Waals surface area contributed by atoms with E-state index in [4.69, 9.17) is 28.0 Å². The smallest absolute Gasteiger partial charge is 0.326 e. The molecular formula is C20H36N8O8. The molecule has 0 aromatic rings. The quantitative estimate of drug-likeness (QED) is 0.0514. The maximum Gasteiger partial charge on any atom is 0.326 e. The molecule has 0 aromatic heterocycles. The summed E-state index contributed by atoms with van der Waals surface area (Å²) in [7, 11) is 0. The van der Waals surface area contributed by atoms with Gasteiger partial charge < -0.3 is 49.1 Å². The van der Waals surface area contributed by atoms with Crippen molar-refractivity contribution in [1.82, 2.24) is 16.0 Å². The highest BCUT2D eigenvalue weighted by Gasteiger charge is 2.32. The summed E-state index contributed by atoms with van der Waals surface area (Å²) in [6.45, 7) is 3.27. The summed E-state index contributed by atoms with van der Waals surface area (Å²) in [5.41, 5.74) is 21.4. The molecule has 0 rings (SSSR count). The molecule has 204 valence electrons. The Morgan fingerprint density at radius 1 is 0.833 bits per heavy atom. The molecule has 13 N–H and O–H groups in total. The Labute approximate surface area is 207 Å². The van der Waals surface area contributed by atoms with Crippen molar-refractivity contribution in [3.63, 3.8) is 0 Å². The summed E-state index contributed by atoms with van der Waals surface area (Å²) in [6, 6.07) is -5.47. The summed E-state index contributed by atoms with van der Waals surface area (Å²) in [4.78, 5) is 75.5. The van der Waals surface area contributed by atoms with Crippen molar-refractivity contribution in [2.75, 3.05) is 6.54 Å². The maximum atomic E-state index is 12.8. The summed E-state index contributed by atoms with van der Waals surface area (Å²) in [5.74, 6) is -7.04. The SMILES string of the molecule is CC(C)C(NC(=O)C(CC(=O)O)NC(=O)C(CCC(N)=O)NC(=O)C(N)CCCN=C(N)N)C(=O)O. The van der Waals surface area contributed by atoms with Gasteiger partial charge in [-0.1, -0.05) is 13.8 Å². The number of aliphatic imine (C=N–C) groups is 1. The predicted molar refractivity (Wildman–Crippen MR) is 127 cm³/mol. The second-order valence-electron chi connectivity index (χ2n) is 8.35.